The Balaban J connectivity index is 1.39. The zero-order valence-electron chi connectivity index (χ0n) is 13.9. The highest BCUT2D eigenvalue weighted by Crippen LogP contribution is 2.43. The first-order valence-electron chi connectivity index (χ1n) is 9.70. The number of nitrogens with one attached hydrogen (secondary N) is 1. The zero-order valence-corrected chi connectivity index (χ0v) is 13.9. The number of rotatable bonds is 8. The molecule has 4 rings (SSSR count). The maximum atomic E-state index is 3.89. The summed E-state index contributed by atoms with van der Waals surface area (Å²) in [7, 11) is 0. The van der Waals surface area contributed by atoms with Gasteiger partial charge >= 0.3 is 0 Å². The Morgan fingerprint density at radius 1 is 0.952 bits per heavy atom. The number of nitrogens with zero attached hydrogens (tertiary/aromatic N) is 1. The van der Waals surface area contributed by atoms with Crippen molar-refractivity contribution in [2.75, 3.05) is 19.6 Å². The van der Waals surface area contributed by atoms with Crippen LogP contribution in [-0.4, -0.2) is 36.6 Å². The van der Waals surface area contributed by atoms with E-state index in [1.165, 1.54) is 83.8 Å². The first-order valence-corrected chi connectivity index (χ1v) is 9.70. The molecule has 4 aliphatic carbocycles. The van der Waals surface area contributed by atoms with Gasteiger partial charge < -0.3 is 5.32 Å². The lowest BCUT2D eigenvalue weighted by Crippen LogP contribution is -2.47. The van der Waals surface area contributed by atoms with Crippen LogP contribution in [0, 0.1) is 17.3 Å². The average molecular weight is 290 g/mol. The van der Waals surface area contributed by atoms with Gasteiger partial charge in [0.1, 0.15) is 0 Å². The molecule has 0 spiro atoms. The fourth-order valence-electron chi connectivity index (χ4n) is 4.26. The smallest absolute Gasteiger partial charge is 0.00967 e. The first kappa shape index (κ1) is 14.5. The second-order valence-electron chi connectivity index (χ2n) is 8.94. The highest BCUT2D eigenvalue weighted by Gasteiger charge is 2.41. The van der Waals surface area contributed by atoms with E-state index in [9.17, 15) is 0 Å². The van der Waals surface area contributed by atoms with Crippen molar-refractivity contribution in [3.8, 4) is 0 Å². The highest BCUT2D eigenvalue weighted by molar-refractivity contribution is 4.96. The molecule has 0 aliphatic heterocycles. The van der Waals surface area contributed by atoms with Crippen molar-refractivity contribution in [1.29, 1.82) is 0 Å². The van der Waals surface area contributed by atoms with Crippen LogP contribution in [0.4, 0.5) is 0 Å². The van der Waals surface area contributed by atoms with Crippen LogP contribution in [0.15, 0.2) is 0 Å². The molecule has 0 heterocycles. The van der Waals surface area contributed by atoms with E-state index in [4.69, 9.17) is 0 Å². The van der Waals surface area contributed by atoms with Crippen molar-refractivity contribution in [2.24, 2.45) is 17.3 Å². The monoisotopic (exact) mass is 290 g/mol. The molecule has 21 heavy (non-hydrogen) atoms. The molecule has 0 radical (unpaired) electrons. The first-order chi connectivity index (χ1) is 10.2. The fraction of sp³-hybridized carbons (Fsp3) is 1.00. The van der Waals surface area contributed by atoms with Gasteiger partial charge in [-0.3, -0.25) is 4.90 Å². The van der Waals surface area contributed by atoms with E-state index in [0.29, 0.717) is 5.41 Å². The van der Waals surface area contributed by atoms with Gasteiger partial charge in [0.2, 0.25) is 0 Å². The van der Waals surface area contributed by atoms with Gasteiger partial charge in [-0.05, 0) is 68.6 Å². The summed E-state index contributed by atoms with van der Waals surface area (Å²) in [5.74, 6) is 2.03. The summed E-state index contributed by atoms with van der Waals surface area (Å²) in [6.45, 7) is 6.59. The SMILES string of the molecule is CC1CCC(CNC2CC2)(CN(CC2CC2)C2CC2)CC1. The average Bonchev–Trinajstić information content (AvgIpc) is 3.34. The molecular formula is C19H34N2. The molecule has 2 nitrogen and oxygen atoms in total. The highest BCUT2D eigenvalue weighted by atomic mass is 15.2. The molecule has 0 bridgehead atoms. The van der Waals surface area contributed by atoms with E-state index in [0.717, 1.165) is 23.9 Å². The van der Waals surface area contributed by atoms with Crippen LogP contribution < -0.4 is 5.32 Å². The molecule has 2 heteroatoms. The maximum Gasteiger partial charge on any atom is 0.00967 e. The molecule has 4 saturated carbocycles. The summed E-state index contributed by atoms with van der Waals surface area (Å²) in [4.78, 5) is 2.92. The van der Waals surface area contributed by atoms with Gasteiger partial charge in [0.15, 0.2) is 0 Å². The van der Waals surface area contributed by atoms with Gasteiger partial charge in [-0.15, -0.1) is 0 Å². The van der Waals surface area contributed by atoms with Crippen molar-refractivity contribution in [2.45, 2.75) is 83.2 Å². The molecule has 4 aliphatic rings. The Labute approximate surface area is 131 Å². The Hall–Kier alpha value is -0.0800. The second kappa shape index (κ2) is 5.85. The Morgan fingerprint density at radius 3 is 2.24 bits per heavy atom. The molecular weight excluding hydrogens is 256 g/mol. The Bertz CT molecular complexity index is 347. The van der Waals surface area contributed by atoms with E-state index in [-0.39, 0.29) is 0 Å². The predicted octanol–water partition coefficient (Wildman–Crippen LogP) is 3.81. The van der Waals surface area contributed by atoms with Crippen molar-refractivity contribution in [3.63, 3.8) is 0 Å². The van der Waals surface area contributed by atoms with Crippen LogP contribution in [0.3, 0.4) is 0 Å². The molecule has 0 atom stereocenters. The van der Waals surface area contributed by atoms with Crippen LogP contribution in [0.2, 0.25) is 0 Å². The molecule has 0 saturated heterocycles. The van der Waals surface area contributed by atoms with Gasteiger partial charge in [0, 0.05) is 31.7 Å². The lowest BCUT2D eigenvalue weighted by molar-refractivity contribution is 0.0791. The summed E-state index contributed by atoms with van der Waals surface area (Å²) in [6.07, 6.45) is 14.7. The molecule has 4 fully saturated rings. The van der Waals surface area contributed by atoms with Crippen LogP contribution >= 0.6 is 0 Å². The minimum absolute atomic E-state index is 0.604. The van der Waals surface area contributed by atoms with Gasteiger partial charge in [-0.1, -0.05) is 19.8 Å². The molecule has 0 aromatic heterocycles. The summed E-state index contributed by atoms with van der Waals surface area (Å²) in [6, 6.07) is 1.83. The molecule has 120 valence electrons. The molecule has 0 aromatic rings. The third kappa shape index (κ3) is 4.01. The summed E-state index contributed by atoms with van der Waals surface area (Å²) in [5.41, 5.74) is 0.604. The van der Waals surface area contributed by atoms with E-state index >= 15 is 0 Å². The minimum atomic E-state index is 0.604. The third-order valence-electron chi connectivity index (χ3n) is 6.47. The quantitative estimate of drug-likeness (QED) is 0.731. The van der Waals surface area contributed by atoms with E-state index < -0.39 is 0 Å². The minimum Gasteiger partial charge on any atom is -0.313 e. The Morgan fingerprint density at radius 2 is 1.67 bits per heavy atom. The maximum absolute atomic E-state index is 3.89. The second-order valence-corrected chi connectivity index (χ2v) is 8.94. The van der Waals surface area contributed by atoms with Crippen LogP contribution in [-0.2, 0) is 0 Å². The van der Waals surface area contributed by atoms with E-state index in [1.807, 2.05) is 0 Å². The van der Waals surface area contributed by atoms with Crippen molar-refractivity contribution in [3.05, 3.63) is 0 Å². The summed E-state index contributed by atoms with van der Waals surface area (Å²) >= 11 is 0. The Kier molecular flexibility index (Phi) is 4.04. The van der Waals surface area contributed by atoms with E-state index in [1.54, 1.807) is 0 Å². The lowest BCUT2D eigenvalue weighted by Gasteiger charge is -2.43. The van der Waals surface area contributed by atoms with Crippen LogP contribution in [0.1, 0.15) is 71.1 Å². The molecule has 0 amide bonds. The standard InChI is InChI=1S/C19H34N2/c1-15-8-10-19(11-9-15,13-20-17-4-5-17)14-21(18-6-7-18)12-16-2-3-16/h15-18,20H,2-14H2,1H3. The third-order valence-corrected chi connectivity index (χ3v) is 6.47. The zero-order chi connectivity index (χ0) is 14.3. The van der Waals surface area contributed by atoms with Crippen LogP contribution in [0.25, 0.3) is 0 Å². The van der Waals surface area contributed by atoms with E-state index in [2.05, 4.69) is 17.1 Å². The lowest BCUT2D eigenvalue weighted by atomic mass is 9.70. The predicted molar refractivity (Wildman–Crippen MR) is 88.4 cm³/mol. The van der Waals surface area contributed by atoms with Crippen molar-refractivity contribution >= 4 is 0 Å². The molecule has 1 N–H and O–H groups in total. The molecule has 0 unspecified atom stereocenters. The van der Waals surface area contributed by atoms with Gasteiger partial charge in [0.05, 0.1) is 0 Å². The van der Waals surface area contributed by atoms with Gasteiger partial charge in [-0.25, -0.2) is 0 Å². The molecule has 0 aromatic carbocycles. The topological polar surface area (TPSA) is 15.3 Å². The van der Waals surface area contributed by atoms with Crippen molar-refractivity contribution in [1.82, 2.24) is 10.2 Å². The number of hydrogen-bond acceptors (Lipinski definition) is 2. The normalized spacial score (nSPS) is 37.1. The van der Waals surface area contributed by atoms with Crippen molar-refractivity contribution < 1.29 is 0 Å². The summed E-state index contributed by atoms with van der Waals surface area (Å²) < 4.78 is 0. The fourth-order valence-corrected chi connectivity index (χ4v) is 4.26. The van der Waals surface area contributed by atoms with Gasteiger partial charge in [0.25, 0.3) is 0 Å². The number of hydrogen-bond donors (Lipinski definition) is 1. The van der Waals surface area contributed by atoms with Gasteiger partial charge in [-0.2, -0.15) is 0 Å². The van der Waals surface area contributed by atoms with Crippen LogP contribution in [0.5, 0.6) is 0 Å². The summed E-state index contributed by atoms with van der Waals surface area (Å²) in [5, 5.41) is 3.89. The largest absolute Gasteiger partial charge is 0.313 e.